The van der Waals surface area contributed by atoms with E-state index in [1.807, 2.05) is 18.2 Å². The van der Waals surface area contributed by atoms with E-state index in [-0.39, 0.29) is 0 Å². The molecule has 0 aliphatic heterocycles. The Morgan fingerprint density at radius 2 is 1.93 bits per heavy atom. The Balaban J connectivity index is 1.87. The Morgan fingerprint density at radius 3 is 2.68 bits per heavy atom. The van der Waals surface area contributed by atoms with Crippen molar-refractivity contribution in [1.82, 2.24) is 19.9 Å². The number of rotatable bonds is 8. The SMILES string of the molecule is CN(C)CCCNc1nc(Nc2cc(Cl)ccc2Cl)cc(-c2cccnc2)n1. The lowest BCUT2D eigenvalue weighted by molar-refractivity contribution is 0.405. The van der Waals surface area contributed by atoms with Crippen LogP contribution in [0.15, 0.2) is 48.8 Å². The molecule has 0 saturated heterocycles. The van der Waals surface area contributed by atoms with Gasteiger partial charge in [-0.25, -0.2) is 4.98 Å². The maximum absolute atomic E-state index is 6.28. The van der Waals surface area contributed by atoms with Crippen LogP contribution < -0.4 is 10.6 Å². The smallest absolute Gasteiger partial charge is 0.225 e. The molecular formula is C20H22Cl2N6. The van der Waals surface area contributed by atoms with Crippen LogP contribution in [0.25, 0.3) is 11.3 Å². The third-order valence-electron chi connectivity index (χ3n) is 3.94. The molecule has 0 saturated carbocycles. The summed E-state index contributed by atoms with van der Waals surface area (Å²) in [7, 11) is 4.10. The summed E-state index contributed by atoms with van der Waals surface area (Å²) >= 11 is 12.4. The molecule has 0 aliphatic rings. The van der Waals surface area contributed by atoms with Gasteiger partial charge < -0.3 is 15.5 Å². The molecule has 2 aromatic heterocycles. The average molecular weight is 417 g/mol. The second-order valence-corrected chi connectivity index (χ2v) is 7.38. The Hall–Kier alpha value is -2.41. The molecule has 0 atom stereocenters. The second-order valence-electron chi connectivity index (χ2n) is 6.54. The van der Waals surface area contributed by atoms with E-state index in [4.69, 9.17) is 23.2 Å². The molecular weight excluding hydrogens is 395 g/mol. The molecule has 1 aromatic carbocycles. The number of pyridine rings is 1. The van der Waals surface area contributed by atoms with Gasteiger partial charge in [-0.15, -0.1) is 0 Å². The van der Waals surface area contributed by atoms with E-state index < -0.39 is 0 Å². The Labute approximate surface area is 174 Å². The van der Waals surface area contributed by atoms with Crippen molar-refractivity contribution in [2.24, 2.45) is 0 Å². The summed E-state index contributed by atoms with van der Waals surface area (Å²) in [5, 5.41) is 7.68. The van der Waals surface area contributed by atoms with Crippen molar-refractivity contribution in [2.75, 3.05) is 37.8 Å². The monoisotopic (exact) mass is 416 g/mol. The number of nitrogens with zero attached hydrogens (tertiary/aromatic N) is 4. The van der Waals surface area contributed by atoms with Crippen molar-refractivity contribution in [3.05, 3.63) is 58.8 Å². The zero-order valence-electron chi connectivity index (χ0n) is 15.8. The molecule has 0 radical (unpaired) electrons. The van der Waals surface area contributed by atoms with Gasteiger partial charge in [0.25, 0.3) is 0 Å². The van der Waals surface area contributed by atoms with Gasteiger partial charge >= 0.3 is 0 Å². The zero-order chi connectivity index (χ0) is 19.9. The summed E-state index contributed by atoms with van der Waals surface area (Å²) in [5.74, 6) is 1.16. The van der Waals surface area contributed by atoms with Crippen LogP contribution in [0.5, 0.6) is 0 Å². The summed E-state index contributed by atoms with van der Waals surface area (Å²) in [4.78, 5) is 15.5. The Kier molecular flexibility index (Phi) is 7.03. The van der Waals surface area contributed by atoms with Gasteiger partial charge in [0, 0.05) is 35.6 Å². The normalized spacial score (nSPS) is 10.9. The minimum Gasteiger partial charge on any atom is -0.354 e. The van der Waals surface area contributed by atoms with Crippen LogP contribution in [0.4, 0.5) is 17.5 Å². The largest absolute Gasteiger partial charge is 0.354 e. The second kappa shape index (κ2) is 9.68. The molecule has 0 bridgehead atoms. The fourth-order valence-corrected chi connectivity index (χ4v) is 2.92. The quantitative estimate of drug-likeness (QED) is 0.506. The Bertz CT molecular complexity index is 918. The van der Waals surface area contributed by atoms with E-state index in [9.17, 15) is 0 Å². The predicted molar refractivity (Wildman–Crippen MR) is 117 cm³/mol. The first-order chi connectivity index (χ1) is 13.5. The van der Waals surface area contributed by atoms with Crippen molar-refractivity contribution >= 4 is 40.7 Å². The van der Waals surface area contributed by atoms with Crippen LogP contribution in [0.1, 0.15) is 6.42 Å². The summed E-state index contributed by atoms with van der Waals surface area (Å²) in [6.07, 6.45) is 4.49. The van der Waals surface area contributed by atoms with E-state index >= 15 is 0 Å². The number of aromatic nitrogens is 3. The van der Waals surface area contributed by atoms with Crippen LogP contribution in [0.2, 0.25) is 10.0 Å². The lowest BCUT2D eigenvalue weighted by atomic mass is 10.2. The molecule has 8 heteroatoms. The first-order valence-corrected chi connectivity index (χ1v) is 9.67. The highest BCUT2D eigenvalue weighted by molar-refractivity contribution is 6.35. The number of anilines is 3. The predicted octanol–water partition coefficient (Wildman–Crippen LogP) is 4.95. The summed E-state index contributed by atoms with van der Waals surface area (Å²) in [6.45, 7) is 1.75. The number of benzene rings is 1. The molecule has 0 unspecified atom stereocenters. The van der Waals surface area contributed by atoms with Crippen LogP contribution in [0.3, 0.4) is 0 Å². The molecule has 2 N–H and O–H groups in total. The van der Waals surface area contributed by atoms with Crippen molar-refractivity contribution in [3.63, 3.8) is 0 Å². The minimum atomic E-state index is 0.542. The lowest BCUT2D eigenvalue weighted by Gasteiger charge is -2.13. The number of hydrogen-bond acceptors (Lipinski definition) is 6. The summed E-state index contributed by atoms with van der Waals surface area (Å²) in [6, 6.07) is 11.0. The maximum atomic E-state index is 6.28. The zero-order valence-corrected chi connectivity index (χ0v) is 17.3. The molecule has 146 valence electrons. The van der Waals surface area contributed by atoms with E-state index in [1.165, 1.54) is 0 Å². The van der Waals surface area contributed by atoms with Gasteiger partial charge in [-0.1, -0.05) is 23.2 Å². The molecule has 28 heavy (non-hydrogen) atoms. The third-order valence-corrected chi connectivity index (χ3v) is 4.50. The molecule has 0 amide bonds. The van der Waals surface area contributed by atoms with Crippen molar-refractivity contribution in [3.8, 4) is 11.3 Å². The minimum absolute atomic E-state index is 0.542. The van der Waals surface area contributed by atoms with E-state index in [0.717, 1.165) is 30.8 Å². The van der Waals surface area contributed by atoms with Gasteiger partial charge in [0.1, 0.15) is 5.82 Å². The fourth-order valence-electron chi connectivity index (χ4n) is 2.58. The van der Waals surface area contributed by atoms with Crippen molar-refractivity contribution in [2.45, 2.75) is 6.42 Å². The summed E-state index contributed by atoms with van der Waals surface area (Å²) in [5.41, 5.74) is 2.35. The highest BCUT2D eigenvalue weighted by Crippen LogP contribution is 2.29. The number of nitrogens with one attached hydrogen (secondary N) is 2. The average Bonchev–Trinajstić information content (AvgIpc) is 2.68. The van der Waals surface area contributed by atoms with Crippen molar-refractivity contribution < 1.29 is 0 Å². The molecule has 6 nitrogen and oxygen atoms in total. The topological polar surface area (TPSA) is 66.0 Å². The molecule has 0 spiro atoms. The highest BCUT2D eigenvalue weighted by Gasteiger charge is 2.09. The molecule has 3 aromatic rings. The first-order valence-electron chi connectivity index (χ1n) is 8.91. The maximum Gasteiger partial charge on any atom is 0.225 e. The summed E-state index contributed by atoms with van der Waals surface area (Å²) < 4.78 is 0. The standard InChI is InChI=1S/C20H22Cl2N6/c1-28(2)10-4-9-24-20-26-17(14-5-3-8-23-13-14)12-19(27-20)25-18-11-15(21)6-7-16(18)22/h3,5-8,11-13H,4,9-10H2,1-2H3,(H2,24,25,26,27). The van der Waals surface area contributed by atoms with Gasteiger partial charge in [-0.3, -0.25) is 4.98 Å². The van der Waals surface area contributed by atoms with E-state index in [2.05, 4.69) is 44.6 Å². The van der Waals surface area contributed by atoms with Crippen molar-refractivity contribution in [1.29, 1.82) is 0 Å². The van der Waals surface area contributed by atoms with E-state index in [0.29, 0.717) is 27.5 Å². The molecule has 3 rings (SSSR count). The molecule has 2 heterocycles. The van der Waals surface area contributed by atoms with Gasteiger partial charge in [0.05, 0.1) is 16.4 Å². The van der Waals surface area contributed by atoms with Crippen LogP contribution in [-0.4, -0.2) is 47.0 Å². The first kappa shape index (κ1) is 20.3. The van der Waals surface area contributed by atoms with E-state index in [1.54, 1.807) is 30.6 Å². The van der Waals surface area contributed by atoms with Gasteiger partial charge in [-0.05, 0) is 57.4 Å². The molecule has 0 fully saturated rings. The number of halogens is 2. The van der Waals surface area contributed by atoms with Gasteiger partial charge in [0.15, 0.2) is 0 Å². The lowest BCUT2D eigenvalue weighted by Crippen LogP contribution is -2.17. The van der Waals surface area contributed by atoms with Gasteiger partial charge in [-0.2, -0.15) is 4.98 Å². The van der Waals surface area contributed by atoms with Crippen LogP contribution in [0, 0.1) is 0 Å². The fraction of sp³-hybridized carbons (Fsp3) is 0.250. The van der Waals surface area contributed by atoms with Gasteiger partial charge in [0.2, 0.25) is 5.95 Å². The van der Waals surface area contributed by atoms with Crippen LogP contribution >= 0.6 is 23.2 Å². The number of hydrogen-bond donors (Lipinski definition) is 2. The van der Waals surface area contributed by atoms with Crippen LogP contribution in [-0.2, 0) is 0 Å². The molecule has 0 aliphatic carbocycles. The highest BCUT2D eigenvalue weighted by atomic mass is 35.5. The Morgan fingerprint density at radius 1 is 1.07 bits per heavy atom. The third kappa shape index (κ3) is 5.79.